The van der Waals surface area contributed by atoms with Crippen LogP contribution in [0.15, 0.2) is 0 Å². The molecule has 6 heteroatoms. The van der Waals surface area contributed by atoms with Gasteiger partial charge in [0.1, 0.15) is 0 Å². The minimum atomic E-state index is -3.36. The van der Waals surface area contributed by atoms with Gasteiger partial charge in [0.15, 0.2) is 0 Å². The Balaban J connectivity index is 2.64. The summed E-state index contributed by atoms with van der Waals surface area (Å²) in [7, 11) is -3.36. The first-order valence-electron chi connectivity index (χ1n) is 6.54. The van der Waals surface area contributed by atoms with Gasteiger partial charge in [0, 0.05) is 25.2 Å². The minimum absolute atomic E-state index is 0.0325. The molecule has 102 valence electrons. The van der Waals surface area contributed by atoms with Crippen molar-refractivity contribution in [3.8, 4) is 0 Å². The van der Waals surface area contributed by atoms with Crippen LogP contribution in [0, 0.1) is 0 Å². The van der Waals surface area contributed by atoms with Crippen LogP contribution in [0.5, 0.6) is 0 Å². The summed E-state index contributed by atoms with van der Waals surface area (Å²) in [6.45, 7) is 5.12. The molecule has 1 fully saturated rings. The molecule has 0 bridgehead atoms. The first-order valence-corrected chi connectivity index (χ1v) is 7.98. The molecular weight excluding hydrogens is 238 g/mol. The Hall–Kier alpha value is -0.170. The highest BCUT2D eigenvalue weighted by atomic mass is 32.2. The van der Waals surface area contributed by atoms with Crippen LogP contribution in [0.4, 0.5) is 0 Å². The SMILES string of the molecule is CCCN(CCC)S(=O)(=O)NC1CCCC1N. The predicted molar refractivity (Wildman–Crippen MR) is 69.8 cm³/mol. The van der Waals surface area contributed by atoms with E-state index in [2.05, 4.69) is 4.72 Å². The molecule has 0 spiro atoms. The van der Waals surface area contributed by atoms with Crippen LogP contribution in [0.25, 0.3) is 0 Å². The van der Waals surface area contributed by atoms with Gasteiger partial charge >= 0.3 is 0 Å². The second-order valence-electron chi connectivity index (χ2n) is 4.72. The number of nitrogens with one attached hydrogen (secondary N) is 1. The zero-order valence-electron chi connectivity index (χ0n) is 10.9. The van der Waals surface area contributed by atoms with Gasteiger partial charge in [-0.15, -0.1) is 0 Å². The Morgan fingerprint density at radius 1 is 1.24 bits per heavy atom. The van der Waals surface area contributed by atoms with Gasteiger partial charge in [-0.2, -0.15) is 17.4 Å². The lowest BCUT2D eigenvalue weighted by Gasteiger charge is -2.25. The topological polar surface area (TPSA) is 75.4 Å². The summed E-state index contributed by atoms with van der Waals surface area (Å²) < 4.78 is 28.6. The van der Waals surface area contributed by atoms with Crippen molar-refractivity contribution in [1.29, 1.82) is 0 Å². The Labute approximate surface area is 105 Å². The van der Waals surface area contributed by atoms with Crippen LogP contribution in [-0.2, 0) is 10.2 Å². The van der Waals surface area contributed by atoms with E-state index in [9.17, 15) is 8.42 Å². The van der Waals surface area contributed by atoms with E-state index in [1.54, 1.807) is 0 Å². The summed E-state index contributed by atoms with van der Waals surface area (Å²) in [6, 6.07) is -0.119. The van der Waals surface area contributed by atoms with Crippen molar-refractivity contribution in [3.63, 3.8) is 0 Å². The average molecular weight is 263 g/mol. The van der Waals surface area contributed by atoms with Crippen molar-refractivity contribution in [2.45, 2.75) is 58.0 Å². The molecule has 17 heavy (non-hydrogen) atoms. The third kappa shape index (κ3) is 4.21. The van der Waals surface area contributed by atoms with Crippen molar-refractivity contribution in [2.75, 3.05) is 13.1 Å². The number of rotatable bonds is 7. The molecule has 0 saturated heterocycles. The van der Waals surface area contributed by atoms with Crippen molar-refractivity contribution >= 4 is 10.2 Å². The Morgan fingerprint density at radius 3 is 2.24 bits per heavy atom. The van der Waals surface area contributed by atoms with Gasteiger partial charge in [0.25, 0.3) is 10.2 Å². The quantitative estimate of drug-likeness (QED) is 0.714. The molecule has 0 amide bonds. The zero-order valence-corrected chi connectivity index (χ0v) is 11.7. The summed E-state index contributed by atoms with van der Waals surface area (Å²) >= 11 is 0. The third-order valence-corrected chi connectivity index (χ3v) is 4.80. The first kappa shape index (κ1) is 14.9. The van der Waals surface area contributed by atoms with E-state index in [1.165, 1.54) is 4.31 Å². The maximum absolute atomic E-state index is 12.2. The highest BCUT2D eigenvalue weighted by molar-refractivity contribution is 7.87. The van der Waals surface area contributed by atoms with E-state index < -0.39 is 10.2 Å². The maximum atomic E-state index is 12.2. The number of hydrogen-bond donors (Lipinski definition) is 2. The number of hydrogen-bond acceptors (Lipinski definition) is 3. The summed E-state index contributed by atoms with van der Waals surface area (Å²) in [5, 5.41) is 0. The smallest absolute Gasteiger partial charge is 0.279 e. The fourth-order valence-corrected chi connectivity index (χ4v) is 3.92. The third-order valence-electron chi connectivity index (χ3n) is 3.16. The standard InChI is InChI=1S/C11H25N3O2S/c1-3-8-14(9-4-2)17(15,16)13-11-7-5-6-10(11)12/h10-11,13H,3-9,12H2,1-2H3. The van der Waals surface area contributed by atoms with E-state index in [0.29, 0.717) is 13.1 Å². The lowest BCUT2D eigenvalue weighted by atomic mass is 10.2. The van der Waals surface area contributed by atoms with E-state index >= 15 is 0 Å². The number of nitrogens with two attached hydrogens (primary N) is 1. The monoisotopic (exact) mass is 263 g/mol. The fourth-order valence-electron chi connectivity index (χ4n) is 2.25. The molecule has 5 nitrogen and oxygen atoms in total. The van der Waals surface area contributed by atoms with Crippen LogP contribution in [0.3, 0.4) is 0 Å². The zero-order chi connectivity index (χ0) is 12.9. The van der Waals surface area contributed by atoms with Gasteiger partial charge in [-0.3, -0.25) is 0 Å². The van der Waals surface area contributed by atoms with Crippen LogP contribution >= 0.6 is 0 Å². The summed E-state index contributed by atoms with van der Waals surface area (Å²) in [5.74, 6) is 0. The van der Waals surface area contributed by atoms with Crippen LogP contribution < -0.4 is 10.5 Å². The van der Waals surface area contributed by atoms with Crippen LogP contribution in [0.2, 0.25) is 0 Å². The molecule has 0 heterocycles. The normalized spacial score (nSPS) is 25.6. The summed E-state index contributed by atoms with van der Waals surface area (Å²) in [4.78, 5) is 0. The molecule has 0 aromatic carbocycles. The molecule has 2 unspecified atom stereocenters. The van der Waals surface area contributed by atoms with Crippen molar-refractivity contribution < 1.29 is 8.42 Å². The average Bonchev–Trinajstić information content (AvgIpc) is 2.63. The van der Waals surface area contributed by atoms with Gasteiger partial charge in [-0.25, -0.2) is 0 Å². The van der Waals surface area contributed by atoms with Crippen molar-refractivity contribution in [2.24, 2.45) is 5.73 Å². The largest absolute Gasteiger partial charge is 0.326 e. The van der Waals surface area contributed by atoms with Crippen molar-refractivity contribution in [1.82, 2.24) is 9.03 Å². The molecular formula is C11H25N3O2S. The highest BCUT2D eigenvalue weighted by Gasteiger charge is 2.30. The molecule has 3 N–H and O–H groups in total. The van der Waals surface area contributed by atoms with E-state index in [-0.39, 0.29) is 12.1 Å². The first-order chi connectivity index (χ1) is 8.01. The van der Waals surface area contributed by atoms with Gasteiger partial charge in [0.2, 0.25) is 0 Å². The Kier molecular flexibility index (Phi) is 5.85. The van der Waals surface area contributed by atoms with Gasteiger partial charge in [0.05, 0.1) is 0 Å². The molecule has 0 aromatic rings. The van der Waals surface area contributed by atoms with E-state index in [4.69, 9.17) is 5.73 Å². The highest BCUT2D eigenvalue weighted by Crippen LogP contribution is 2.18. The Morgan fingerprint density at radius 2 is 1.82 bits per heavy atom. The van der Waals surface area contributed by atoms with Crippen molar-refractivity contribution in [3.05, 3.63) is 0 Å². The second kappa shape index (κ2) is 6.68. The van der Waals surface area contributed by atoms with Gasteiger partial charge in [-0.05, 0) is 25.7 Å². The number of nitrogens with zero attached hydrogens (tertiary/aromatic N) is 1. The van der Waals surface area contributed by atoms with Crippen LogP contribution in [-0.4, -0.2) is 37.9 Å². The van der Waals surface area contributed by atoms with Crippen LogP contribution in [0.1, 0.15) is 46.0 Å². The fraction of sp³-hybridized carbons (Fsp3) is 1.00. The molecule has 1 aliphatic rings. The van der Waals surface area contributed by atoms with E-state index in [1.807, 2.05) is 13.8 Å². The molecule has 0 radical (unpaired) electrons. The molecule has 0 aromatic heterocycles. The predicted octanol–water partition coefficient (Wildman–Crippen LogP) is 0.823. The summed E-state index contributed by atoms with van der Waals surface area (Å²) in [6.07, 6.45) is 4.44. The maximum Gasteiger partial charge on any atom is 0.279 e. The molecule has 2 atom stereocenters. The summed E-state index contributed by atoms with van der Waals surface area (Å²) in [5.41, 5.74) is 5.89. The molecule has 0 aliphatic heterocycles. The second-order valence-corrected chi connectivity index (χ2v) is 6.43. The molecule has 1 saturated carbocycles. The molecule has 1 aliphatic carbocycles. The molecule has 1 rings (SSSR count). The van der Waals surface area contributed by atoms with E-state index in [0.717, 1.165) is 32.1 Å². The van der Waals surface area contributed by atoms with Gasteiger partial charge < -0.3 is 5.73 Å². The lowest BCUT2D eigenvalue weighted by molar-refractivity contribution is 0.392. The van der Waals surface area contributed by atoms with Gasteiger partial charge in [-0.1, -0.05) is 20.3 Å². The lowest BCUT2D eigenvalue weighted by Crippen LogP contribution is -2.50. The Bertz CT molecular complexity index is 313. The minimum Gasteiger partial charge on any atom is -0.326 e.